The third kappa shape index (κ3) is 4.45. The molecular formula is C29H37N3O4Si. The van der Waals surface area contributed by atoms with E-state index >= 15 is 0 Å². The normalized spacial score (nSPS) is 18.6. The second-order valence-corrected chi connectivity index (χ2v) is 16.9. The number of para-hydroxylation sites is 1. The number of aryl methyl sites for hydroxylation is 1. The molecule has 2 aliphatic heterocycles. The number of esters is 1. The SMILES string of the molecule is CC[C@@]1(O)C(=O)OCc2c1cc1n(c2=O)Cc2c-1nc1ccccc1c2CC[Si](C)(C)CCCN(C)C. The summed E-state index contributed by atoms with van der Waals surface area (Å²) in [7, 11) is 2.83. The third-order valence-corrected chi connectivity index (χ3v) is 11.5. The van der Waals surface area contributed by atoms with Gasteiger partial charge in [-0.15, -0.1) is 0 Å². The van der Waals surface area contributed by atoms with Gasteiger partial charge in [0.25, 0.3) is 5.56 Å². The van der Waals surface area contributed by atoms with Crippen molar-refractivity contribution in [1.29, 1.82) is 0 Å². The van der Waals surface area contributed by atoms with Gasteiger partial charge < -0.3 is 19.3 Å². The van der Waals surface area contributed by atoms with E-state index in [4.69, 9.17) is 9.72 Å². The molecule has 0 unspecified atom stereocenters. The third-order valence-electron chi connectivity index (χ3n) is 8.22. The first-order valence-corrected chi connectivity index (χ1v) is 16.7. The number of carbonyl (C=O) groups is 1. The van der Waals surface area contributed by atoms with Crippen molar-refractivity contribution in [3.63, 3.8) is 0 Å². The summed E-state index contributed by atoms with van der Waals surface area (Å²) in [5.41, 5.74) is 3.43. The Morgan fingerprint density at radius 2 is 1.92 bits per heavy atom. The number of carbonyl (C=O) groups excluding carboxylic acids is 1. The minimum Gasteiger partial charge on any atom is -0.458 e. The van der Waals surface area contributed by atoms with Gasteiger partial charge in [-0.1, -0.05) is 50.3 Å². The zero-order chi connectivity index (χ0) is 26.5. The van der Waals surface area contributed by atoms with Gasteiger partial charge in [0.1, 0.15) is 6.61 Å². The van der Waals surface area contributed by atoms with Crippen LogP contribution < -0.4 is 5.56 Å². The predicted molar refractivity (Wildman–Crippen MR) is 148 cm³/mol. The van der Waals surface area contributed by atoms with Crippen LogP contribution in [0.4, 0.5) is 0 Å². The average molecular weight is 520 g/mol. The van der Waals surface area contributed by atoms with Crippen molar-refractivity contribution in [3.8, 4) is 11.4 Å². The van der Waals surface area contributed by atoms with Crippen LogP contribution in [0, 0.1) is 0 Å². The Morgan fingerprint density at radius 3 is 2.65 bits per heavy atom. The van der Waals surface area contributed by atoms with Crippen LogP contribution in [-0.4, -0.2) is 54.2 Å². The highest BCUT2D eigenvalue weighted by Gasteiger charge is 2.45. The molecular weight excluding hydrogens is 482 g/mol. The highest BCUT2D eigenvalue weighted by molar-refractivity contribution is 6.77. The zero-order valence-electron chi connectivity index (χ0n) is 22.6. The summed E-state index contributed by atoms with van der Waals surface area (Å²) < 4.78 is 6.97. The quantitative estimate of drug-likeness (QED) is 0.276. The number of nitrogens with zero attached hydrogens (tertiary/aromatic N) is 3. The van der Waals surface area contributed by atoms with Gasteiger partial charge in [0.15, 0.2) is 5.60 Å². The largest absolute Gasteiger partial charge is 0.458 e. The predicted octanol–water partition coefficient (Wildman–Crippen LogP) is 4.28. The first-order chi connectivity index (χ1) is 17.6. The molecule has 1 aromatic carbocycles. The van der Waals surface area contributed by atoms with E-state index in [1.54, 1.807) is 17.6 Å². The fraction of sp³-hybridized carbons (Fsp3) is 0.483. The number of hydrogen-bond acceptors (Lipinski definition) is 6. The average Bonchev–Trinajstić information content (AvgIpc) is 3.22. The lowest BCUT2D eigenvalue weighted by Gasteiger charge is -2.31. The van der Waals surface area contributed by atoms with Gasteiger partial charge in [0.2, 0.25) is 0 Å². The molecule has 0 amide bonds. The van der Waals surface area contributed by atoms with Gasteiger partial charge in [0.05, 0.1) is 29.0 Å². The maximum absolute atomic E-state index is 13.6. The zero-order valence-corrected chi connectivity index (χ0v) is 23.6. The first kappa shape index (κ1) is 25.8. The molecule has 2 aromatic heterocycles. The molecule has 196 valence electrons. The van der Waals surface area contributed by atoms with Crippen LogP contribution in [-0.2, 0) is 34.7 Å². The molecule has 4 heterocycles. The van der Waals surface area contributed by atoms with Gasteiger partial charge in [-0.3, -0.25) is 4.79 Å². The first-order valence-electron chi connectivity index (χ1n) is 13.3. The van der Waals surface area contributed by atoms with E-state index in [1.165, 1.54) is 24.1 Å². The molecule has 1 atom stereocenters. The summed E-state index contributed by atoms with van der Waals surface area (Å²) in [6.07, 6.45) is 2.31. The maximum atomic E-state index is 13.6. The van der Waals surface area contributed by atoms with Crippen molar-refractivity contribution in [1.82, 2.24) is 14.5 Å². The molecule has 2 aliphatic rings. The molecule has 37 heavy (non-hydrogen) atoms. The molecule has 0 aliphatic carbocycles. The van der Waals surface area contributed by atoms with Crippen molar-refractivity contribution in [3.05, 3.63) is 62.9 Å². The Labute approximate surface area is 219 Å². The minimum absolute atomic E-state index is 0.110. The van der Waals surface area contributed by atoms with E-state index in [0.29, 0.717) is 23.4 Å². The molecule has 8 heteroatoms. The highest BCUT2D eigenvalue weighted by Crippen LogP contribution is 2.40. The topological polar surface area (TPSA) is 84.7 Å². The van der Waals surface area contributed by atoms with E-state index in [9.17, 15) is 14.7 Å². The van der Waals surface area contributed by atoms with Crippen molar-refractivity contribution >= 4 is 24.9 Å². The van der Waals surface area contributed by atoms with Crippen LogP contribution in [0.2, 0.25) is 25.2 Å². The fourth-order valence-electron chi connectivity index (χ4n) is 5.86. The standard InChI is InChI=1S/C29H37N3O4Si/c1-6-29(35)23-16-25-26-21(17-32(25)27(33)22(23)18-36-28(29)34)19(20-10-7-8-11-24(20)30-26)12-15-37(4,5)14-9-13-31(2)3/h7-8,10-11,16,35H,6,9,12-15,17-18H2,1-5H3/t29-/m0/s1. The smallest absolute Gasteiger partial charge is 0.343 e. The van der Waals surface area contributed by atoms with E-state index in [-0.39, 0.29) is 18.6 Å². The van der Waals surface area contributed by atoms with Crippen molar-refractivity contribution in [2.75, 3.05) is 20.6 Å². The fourth-order valence-corrected chi connectivity index (χ4v) is 8.15. The van der Waals surface area contributed by atoms with Crippen molar-refractivity contribution < 1.29 is 14.6 Å². The summed E-state index contributed by atoms with van der Waals surface area (Å²) in [5.74, 6) is -0.696. The highest BCUT2D eigenvalue weighted by atomic mass is 28.3. The summed E-state index contributed by atoms with van der Waals surface area (Å²) >= 11 is 0. The number of aliphatic hydroxyl groups is 1. The van der Waals surface area contributed by atoms with Crippen LogP contribution in [0.3, 0.4) is 0 Å². The van der Waals surface area contributed by atoms with Gasteiger partial charge >= 0.3 is 5.97 Å². The lowest BCUT2D eigenvalue weighted by Crippen LogP contribution is -2.44. The Kier molecular flexibility index (Phi) is 6.62. The molecule has 5 rings (SSSR count). The Morgan fingerprint density at radius 1 is 1.16 bits per heavy atom. The second-order valence-electron chi connectivity index (χ2n) is 11.6. The molecule has 0 spiro atoms. The number of hydrogen-bond donors (Lipinski definition) is 1. The number of cyclic esters (lactones) is 1. The van der Waals surface area contributed by atoms with Crippen LogP contribution in [0.15, 0.2) is 35.1 Å². The molecule has 1 N–H and O–H groups in total. The summed E-state index contributed by atoms with van der Waals surface area (Å²) in [5, 5.41) is 12.3. The van der Waals surface area contributed by atoms with E-state index < -0.39 is 19.6 Å². The molecule has 0 fully saturated rings. The van der Waals surface area contributed by atoms with Gasteiger partial charge in [-0.25, -0.2) is 9.78 Å². The molecule has 0 saturated heterocycles. The molecule has 7 nitrogen and oxygen atoms in total. The number of fused-ring (bicyclic) bond motifs is 5. The molecule has 0 bridgehead atoms. The second kappa shape index (κ2) is 9.49. The summed E-state index contributed by atoms with van der Waals surface area (Å²) in [6.45, 7) is 8.13. The van der Waals surface area contributed by atoms with E-state index in [2.05, 4.69) is 44.2 Å². The van der Waals surface area contributed by atoms with Gasteiger partial charge in [-0.05, 0) is 57.6 Å². The number of benzene rings is 1. The number of aromatic nitrogens is 2. The van der Waals surface area contributed by atoms with Crippen molar-refractivity contribution in [2.45, 2.75) is 70.1 Å². The Bertz CT molecular complexity index is 1450. The molecule has 0 saturated carbocycles. The summed E-state index contributed by atoms with van der Waals surface area (Å²) in [6, 6.07) is 12.5. The maximum Gasteiger partial charge on any atom is 0.343 e. The number of rotatable bonds is 8. The van der Waals surface area contributed by atoms with Gasteiger partial charge in [0, 0.05) is 24.6 Å². The number of pyridine rings is 2. The van der Waals surface area contributed by atoms with Crippen LogP contribution in [0.1, 0.15) is 42.0 Å². The lowest BCUT2D eigenvalue weighted by molar-refractivity contribution is -0.172. The monoisotopic (exact) mass is 519 g/mol. The number of ether oxygens (including phenoxy) is 1. The van der Waals surface area contributed by atoms with Crippen LogP contribution >= 0.6 is 0 Å². The van der Waals surface area contributed by atoms with Crippen LogP contribution in [0.5, 0.6) is 0 Å². The van der Waals surface area contributed by atoms with E-state index in [1.807, 2.05) is 12.1 Å². The van der Waals surface area contributed by atoms with Crippen LogP contribution in [0.25, 0.3) is 22.3 Å². The lowest BCUT2D eigenvalue weighted by atomic mass is 9.86. The van der Waals surface area contributed by atoms with Gasteiger partial charge in [-0.2, -0.15) is 0 Å². The Balaban J connectivity index is 1.59. The van der Waals surface area contributed by atoms with Crippen molar-refractivity contribution in [2.24, 2.45) is 0 Å². The molecule has 0 radical (unpaired) electrons. The molecule has 3 aromatic rings. The summed E-state index contributed by atoms with van der Waals surface area (Å²) in [4.78, 5) is 33.4. The Hall–Kier alpha value is -2.81. The minimum atomic E-state index is -1.81. The van der Waals surface area contributed by atoms with E-state index in [0.717, 1.165) is 35.1 Å².